The molecular weight excluding hydrogens is 308 g/mol. The summed E-state index contributed by atoms with van der Waals surface area (Å²) in [5, 5.41) is 2.98. The van der Waals surface area contributed by atoms with Crippen molar-refractivity contribution in [3.05, 3.63) is 23.8 Å². The summed E-state index contributed by atoms with van der Waals surface area (Å²) in [6, 6.07) is 5.75. The van der Waals surface area contributed by atoms with Crippen molar-refractivity contribution in [2.75, 3.05) is 33.9 Å². The lowest BCUT2D eigenvalue weighted by molar-refractivity contribution is -0.133. The molecule has 0 bridgehead atoms. The van der Waals surface area contributed by atoms with Gasteiger partial charge in [-0.15, -0.1) is 0 Å². The van der Waals surface area contributed by atoms with Gasteiger partial charge in [-0.1, -0.05) is 6.07 Å². The van der Waals surface area contributed by atoms with E-state index in [2.05, 4.69) is 5.32 Å². The molecule has 0 radical (unpaired) electrons. The van der Waals surface area contributed by atoms with Gasteiger partial charge in [-0.2, -0.15) is 0 Å². The average molecular weight is 334 g/mol. The summed E-state index contributed by atoms with van der Waals surface area (Å²) in [7, 11) is 3.21. The number of nitrogens with zero attached hydrogens (tertiary/aromatic N) is 1. The smallest absolute Gasteiger partial charge is 0.224 e. The maximum Gasteiger partial charge on any atom is 0.224 e. The summed E-state index contributed by atoms with van der Waals surface area (Å²) in [6.07, 6.45) is 2.44. The van der Waals surface area contributed by atoms with Gasteiger partial charge in [0.25, 0.3) is 0 Å². The Hall–Kier alpha value is -2.24. The third-order valence-corrected chi connectivity index (χ3v) is 4.40. The van der Waals surface area contributed by atoms with Crippen LogP contribution in [0.15, 0.2) is 18.2 Å². The first-order valence-corrected chi connectivity index (χ1v) is 8.29. The summed E-state index contributed by atoms with van der Waals surface area (Å²) >= 11 is 0. The molecule has 1 fully saturated rings. The van der Waals surface area contributed by atoms with E-state index in [9.17, 15) is 9.59 Å². The first kappa shape index (κ1) is 18.1. The van der Waals surface area contributed by atoms with Crippen LogP contribution in [-0.2, 0) is 16.0 Å². The predicted molar refractivity (Wildman–Crippen MR) is 91.2 cm³/mol. The number of hydrogen-bond acceptors (Lipinski definition) is 4. The Morgan fingerprint density at radius 2 is 2.00 bits per heavy atom. The van der Waals surface area contributed by atoms with Crippen LogP contribution >= 0.6 is 0 Å². The molecule has 24 heavy (non-hydrogen) atoms. The van der Waals surface area contributed by atoms with Gasteiger partial charge in [-0.3, -0.25) is 9.59 Å². The molecular formula is C18H26N2O4. The summed E-state index contributed by atoms with van der Waals surface area (Å²) in [6.45, 7) is 3.39. The average Bonchev–Trinajstić information content (AvgIpc) is 2.61. The number of hydrogen-bond donors (Lipinski definition) is 1. The van der Waals surface area contributed by atoms with Crippen LogP contribution in [0.2, 0.25) is 0 Å². The molecule has 1 N–H and O–H groups in total. The molecule has 1 aliphatic heterocycles. The minimum Gasteiger partial charge on any atom is -0.493 e. The molecule has 0 spiro atoms. The zero-order valence-corrected chi connectivity index (χ0v) is 14.6. The molecule has 132 valence electrons. The van der Waals surface area contributed by atoms with Crippen molar-refractivity contribution in [2.45, 2.75) is 26.2 Å². The molecule has 2 rings (SSSR count). The second-order valence-electron chi connectivity index (χ2n) is 6.03. The topological polar surface area (TPSA) is 67.9 Å². The standard InChI is InChI=1S/C18H26N2O4/c1-13(21)20-10-4-5-15(12-20)18(22)19-9-8-14-6-7-16(23-2)17(11-14)24-3/h6-7,11,15H,4-5,8-10,12H2,1-3H3,(H,19,22). The number of amides is 2. The van der Waals surface area contributed by atoms with Crippen molar-refractivity contribution in [1.29, 1.82) is 0 Å². The van der Waals surface area contributed by atoms with Crippen molar-refractivity contribution in [3.8, 4) is 11.5 Å². The Morgan fingerprint density at radius 3 is 2.67 bits per heavy atom. The molecule has 1 unspecified atom stereocenters. The maximum atomic E-state index is 12.3. The lowest BCUT2D eigenvalue weighted by Gasteiger charge is -2.31. The minimum absolute atomic E-state index is 0.0291. The van der Waals surface area contributed by atoms with E-state index in [-0.39, 0.29) is 17.7 Å². The van der Waals surface area contributed by atoms with E-state index in [1.807, 2.05) is 18.2 Å². The van der Waals surface area contributed by atoms with Crippen molar-refractivity contribution < 1.29 is 19.1 Å². The van der Waals surface area contributed by atoms with E-state index in [4.69, 9.17) is 9.47 Å². The molecule has 6 nitrogen and oxygen atoms in total. The summed E-state index contributed by atoms with van der Waals surface area (Å²) < 4.78 is 10.5. The van der Waals surface area contributed by atoms with Crippen LogP contribution in [0.5, 0.6) is 11.5 Å². The van der Waals surface area contributed by atoms with Crippen LogP contribution in [0.3, 0.4) is 0 Å². The van der Waals surface area contributed by atoms with Gasteiger partial charge in [0.2, 0.25) is 11.8 Å². The Morgan fingerprint density at radius 1 is 1.25 bits per heavy atom. The first-order chi connectivity index (χ1) is 11.5. The van der Waals surface area contributed by atoms with Crippen LogP contribution < -0.4 is 14.8 Å². The van der Waals surface area contributed by atoms with Gasteiger partial charge in [0, 0.05) is 26.6 Å². The van der Waals surface area contributed by atoms with E-state index in [1.165, 1.54) is 0 Å². The number of benzene rings is 1. The fourth-order valence-corrected chi connectivity index (χ4v) is 2.99. The van der Waals surface area contributed by atoms with Gasteiger partial charge < -0.3 is 19.7 Å². The van der Waals surface area contributed by atoms with Crippen molar-refractivity contribution in [3.63, 3.8) is 0 Å². The normalized spacial score (nSPS) is 17.3. The molecule has 1 aliphatic rings. The van der Waals surface area contributed by atoms with Gasteiger partial charge in [0.05, 0.1) is 20.1 Å². The second-order valence-corrected chi connectivity index (χ2v) is 6.03. The summed E-state index contributed by atoms with van der Waals surface area (Å²) in [4.78, 5) is 25.5. The molecule has 1 aromatic carbocycles. The largest absolute Gasteiger partial charge is 0.493 e. The monoisotopic (exact) mass is 334 g/mol. The Balaban J connectivity index is 1.83. The van der Waals surface area contributed by atoms with E-state index < -0.39 is 0 Å². The maximum absolute atomic E-state index is 12.3. The summed E-state index contributed by atoms with van der Waals surface area (Å²) in [5.41, 5.74) is 1.07. The lowest BCUT2D eigenvalue weighted by Crippen LogP contribution is -2.45. The molecule has 0 aromatic heterocycles. The van der Waals surface area contributed by atoms with Crippen LogP contribution in [0.25, 0.3) is 0 Å². The predicted octanol–water partition coefficient (Wildman–Crippen LogP) is 1.62. The van der Waals surface area contributed by atoms with Crippen LogP contribution in [0, 0.1) is 5.92 Å². The van der Waals surface area contributed by atoms with Gasteiger partial charge in [0.1, 0.15) is 0 Å². The highest BCUT2D eigenvalue weighted by atomic mass is 16.5. The van der Waals surface area contributed by atoms with Crippen LogP contribution in [0.4, 0.5) is 0 Å². The van der Waals surface area contributed by atoms with Crippen LogP contribution in [-0.4, -0.2) is 50.6 Å². The van der Waals surface area contributed by atoms with E-state index >= 15 is 0 Å². The van der Waals surface area contributed by atoms with E-state index in [0.717, 1.165) is 31.4 Å². The highest BCUT2D eigenvalue weighted by molar-refractivity contribution is 5.80. The fourth-order valence-electron chi connectivity index (χ4n) is 2.99. The molecule has 2 amide bonds. The van der Waals surface area contributed by atoms with Crippen molar-refractivity contribution >= 4 is 11.8 Å². The van der Waals surface area contributed by atoms with Gasteiger partial charge in [-0.25, -0.2) is 0 Å². The molecule has 1 aromatic rings. The molecule has 6 heteroatoms. The Kier molecular flexibility index (Phi) is 6.46. The third kappa shape index (κ3) is 4.63. The number of methoxy groups -OCH3 is 2. The molecule has 1 atom stereocenters. The van der Waals surface area contributed by atoms with Crippen LogP contribution in [0.1, 0.15) is 25.3 Å². The quantitative estimate of drug-likeness (QED) is 0.858. The number of ether oxygens (including phenoxy) is 2. The van der Waals surface area contributed by atoms with E-state index in [1.54, 1.807) is 26.0 Å². The van der Waals surface area contributed by atoms with Gasteiger partial charge in [-0.05, 0) is 37.0 Å². The number of likely N-dealkylation sites (tertiary alicyclic amines) is 1. The fraction of sp³-hybridized carbons (Fsp3) is 0.556. The number of piperidine rings is 1. The number of carbonyl (C=O) groups excluding carboxylic acids is 2. The van der Waals surface area contributed by atoms with Gasteiger partial charge >= 0.3 is 0 Å². The van der Waals surface area contributed by atoms with E-state index in [0.29, 0.717) is 24.6 Å². The zero-order chi connectivity index (χ0) is 17.5. The number of carbonyl (C=O) groups is 2. The first-order valence-electron chi connectivity index (χ1n) is 8.29. The number of nitrogens with one attached hydrogen (secondary N) is 1. The highest BCUT2D eigenvalue weighted by Crippen LogP contribution is 2.27. The minimum atomic E-state index is -0.104. The Labute approximate surface area is 143 Å². The molecule has 1 saturated heterocycles. The number of rotatable bonds is 6. The van der Waals surface area contributed by atoms with Crippen molar-refractivity contribution in [1.82, 2.24) is 10.2 Å². The molecule has 0 saturated carbocycles. The lowest BCUT2D eigenvalue weighted by atomic mass is 9.97. The SMILES string of the molecule is COc1ccc(CCNC(=O)C2CCCN(C(C)=O)C2)cc1OC. The summed E-state index contributed by atoms with van der Waals surface area (Å²) in [5.74, 6) is 1.34. The Bertz CT molecular complexity index is 588. The highest BCUT2D eigenvalue weighted by Gasteiger charge is 2.26. The molecule has 1 heterocycles. The molecule has 0 aliphatic carbocycles. The zero-order valence-electron chi connectivity index (χ0n) is 14.6. The van der Waals surface area contributed by atoms with Crippen molar-refractivity contribution in [2.24, 2.45) is 5.92 Å². The second kappa shape index (κ2) is 8.57. The third-order valence-electron chi connectivity index (χ3n) is 4.40. The van der Waals surface area contributed by atoms with Gasteiger partial charge in [0.15, 0.2) is 11.5 Å².